The van der Waals surface area contributed by atoms with Crippen molar-refractivity contribution < 1.29 is 9.59 Å². The Morgan fingerprint density at radius 2 is 2.17 bits per heavy atom. The Labute approximate surface area is 114 Å². The normalized spacial score (nSPS) is 21.8. The van der Waals surface area contributed by atoms with Crippen LogP contribution in [-0.4, -0.2) is 49.6 Å². The lowest BCUT2D eigenvalue weighted by Gasteiger charge is -2.35. The zero-order valence-electron chi connectivity index (χ0n) is 10.9. The number of carbonyl (C=O) groups excluding carboxylic acids is 2. The largest absolute Gasteiger partial charge is 0.351 e. The standard InChI is InChI=1S/C11H22N4O2.ClH/c1-8(10(16)14-11(12)17)15-5-3-4-9(7-15)6-13-2;/h8-9,13H,3-7H2,1-2H3,(H3,12,14,16,17);1H. The molecular formula is C11H23ClN4O2. The molecule has 1 rings (SSSR count). The highest BCUT2D eigenvalue weighted by molar-refractivity contribution is 5.96. The number of hydrogen-bond acceptors (Lipinski definition) is 4. The third-order valence-electron chi connectivity index (χ3n) is 3.22. The highest BCUT2D eigenvalue weighted by atomic mass is 35.5. The van der Waals surface area contributed by atoms with Crippen LogP contribution >= 0.6 is 12.4 Å². The van der Waals surface area contributed by atoms with Crippen molar-refractivity contribution in [3.05, 3.63) is 0 Å². The Morgan fingerprint density at radius 3 is 2.72 bits per heavy atom. The fourth-order valence-electron chi connectivity index (χ4n) is 2.30. The molecule has 106 valence electrons. The molecule has 0 saturated carbocycles. The van der Waals surface area contributed by atoms with E-state index in [4.69, 9.17) is 5.73 Å². The van der Waals surface area contributed by atoms with Gasteiger partial charge in [-0.2, -0.15) is 0 Å². The fourth-order valence-corrected chi connectivity index (χ4v) is 2.30. The second-order valence-corrected chi connectivity index (χ2v) is 4.59. The lowest BCUT2D eigenvalue weighted by atomic mass is 9.97. The van der Waals surface area contributed by atoms with Crippen LogP contribution in [0.3, 0.4) is 0 Å². The monoisotopic (exact) mass is 278 g/mol. The van der Waals surface area contributed by atoms with Crippen molar-refractivity contribution in [1.82, 2.24) is 15.5 Å². The lowest BCUT2D eigenvalue weighted by Crippen LogP contribution is -2.52. The summed E-state index contributed by atoms with van der Waals surface area (Å²) in [6.45, 7) is 4.54. The summed E-state index contributed by atoms with van der Waals surface area (Å²) in [5.74, 6) is 0.250. The van der Waals surface area contributed by atoms with Gasteiger partial charge in [-0.15, -0.1) is 12.4 Å². The number of likely N-dealkylation sites (tertiary alicyclic amines) is 1. The molecule has 4 N–H and O–H groups in total. The molecule has 0 radical (unpaired) electrons. The SMILES string of the molecule is CNCC1CCCN(C(C)C(=O)NC(N)=O)C1.Cl. The Kier molecular flexibility index (Phi) is 7.90. The minimum absolute atomic E-state index is 0. The van der Waals surface area contributed by atoms with Gasteiger partial charge >= 0.3 is 6.03 Å². The van der Waals surface area contributed by atoms with Gasteiger partial charge < -0.3 is 11.1 Å². The van der Waals surface area contributed by atoms with E-state index in [0.717, 1.165) is 26.1 Å². The first-order chi connectivity index (χ1) is 8.04. The van der Waals surface area contributed by atoms with Gasteiger partial charge in [0.2, 0.25) is 5.91 Å². The smallest absolute Gasteiger partial charge is 0.318 e. The maximum Gasteiger partial charge on any atom is 0.318 e. The van der Waals surface area contributed by atoms with Crippen LogP contribution in [0.5, 0.6) is 0 Å². The summed E-state index contributed by atoms with van der Waals surface area (Å²) in [6.07, 6.45) is 2.27. The first-order valence-corrected chi connectivity index (χ1v) is 6.03. The first-order valence-electron chi connectivity index (χ1n) is 6.03. The van der Waals surface area contributed by atoms with Crippen LogP contribution in [0.1, 0.15) is 19.8 Å². The molecule has 0 aromatic rings. The van der Waals surface area contributed by atoms with Gasteiger partial charge in [0, 0.05) is 6.54 Å². The topological polar surface area (TPSA) is 87.5 Å². The van der Waals surface area contributed by atoms with Gasteiger partial charge in [-0.05, 0) is 45.8 Å². The summed E-state index contributed by atoms with van der Waals surface area (Å²) in [5, 5.41) is 5.29. The quantitative estimate of drug-likeness (QED) is 0.671. The maximum absolute atomic E-state index is 11.6. The van der Waals surface area contributed by atoms with Crippen molar-refractivity contribution in [2.75, 3.05) is 26.7 Å². The molecule has 7 heteroatoms. The first kappa shape index (κ1) is 17.2. The van der Waals surface area contributed by atoms with Crippen molar-refractivity contribution >= 4 is 24.3 Å². The molecule has 3 amide bonds. The number of nitrogens with two attached hydrogens (primary N) is 1. The van der Waals surface area contributed by atoms with Crippen molar-refractivity contribution in [2.24, 2.45) is 11.7 Å². The molecule has 1 aliphatic rings. The van der Waals surface area contributed by atoms with E-state index in [0.29, 0.717) is 5.92 Å². The second-order valence-electron chi connectivity index (χ2n) is 4.59. The fraction of sp³-hybridized carbons (Fsp3) is 0.818. The third-order valence-corrected chi connectivity index (χ3v) is 3.22. The Balaban J connectivity index is 0.00000289. The number of nitrogens with one attached hydrogen (secondary N) is 2. The molecule has 6 nitrogen and oxygen atoms in total. The zero-order chi connectivity index (χ0) is 12.8. The predicted molar refractivity (Wildman–Crippen MR) is 72.7 cm³/mol. The van der Waals surface area contributed by atoms with Gasteiger partial charge in [0.15, 0.2) is 0 Å². The lowest BCUT2D eigenvalue weighted by molar-refractivity contribution is -0.125. The van der Waals surface area contributed by atoms with Gasteiger partial charge in [-0.1, -0.05) is 0 Å². The summed E-state index contributed by atoms with van der Waals surface area (Å²) in [5.41, 5.74) is 4.94. The summed E-state index contributed by atoms with van der Waals surface area (Å²) in [4.78, 5) is 24.4. The predicted octanol–water partition coefficient (Wildman–Crippen LogP) is -0.0770. The number of urea groups is 1. The van der Waals surface area contributed by atoms with Crippen LogP contribution in [0.15, 0.2) is 0 Å². The maximum atomic E-state index is 11.6. The molecule has 1 fully saturated rings. The number of rotatable bonds is 4. The molecule has 18 heavy (non-hydrogen) atoms. The van der Waals surface area contributed by atoms with E-state index in [1.165, 1.54) is 6.42 Å². The van der Waals surface area contributed by atoms with Gasteiger partial charge in [0.25, 0.3) is 0 Å². The van der Waals surface area contributed by atoms with Crippen molar-refractivity contribution in [3.8, 4) is 0 Å². The van der Waals surface area contributed by atoms with E-state index >= 15 is 0 Å². The molecule has 0 aromatic carbocycles. The summed E-state index contributed by atoms with van der Waals surface area (Å²) in [7, 11) is 1.93. The molecule has 2 atom stereocenters. The summed E-state index contributed by atoms with van der Waals surface area (Å²) < 4.78 is 0. The van der Waals surface area contributed by atoms with E-state index < -0.39 is 6.03 Å². The Bertz CT molecular complexity index is 286. The second kappa shape index (κ2) is 8.29. The van der Waals surface area contributed by atoms with Crippen LogP contribution in [0.4, 0.5) is 4.79 Å². The molecule has 1 aliphatic heterocycles. The average molecular weight is 279 g/mol. The summed E-state index contributed by atoms with van der Waals surface area (Å²) >= 11 is 0. The Hall–Kier alpha value is -0.850. The van der Waals surface area contributed by atoms with E-state index in [2.05, 4.69) is 15.5 Å². The average Bonchev–Trinajstić information content (AvgIpc) is 2.28. The minimum Gasteiger partial charge on any atom is -0.351 e. The van der Waals surface area contributed by atoms with E-state index in [1.54, 1.807) is 6.92 Å². The summed E-state index contributed by atoms with van der Waals surface area (Å²) in [6, 6.07) is -1.09. The number of carbonyl (C=O) groups is 2. The van der Waals surface area contributed by atoms with Crippen molar-refractivity contribution in [3.63, 3.8) is 0 Å². The number of imide groups is 1. The molecule has 1 heterocycles. The van der Waals surface area contributed by atoms with E-state index in [-0.39, 0.29) is 24.4 Å². The number of amides is 3. The number of halogens is 1. The van der Waals surface area contributed by atoms with E-state index in [1.807, 2.05) is 7.05 Å². The molecule has 0 spiro atoms. The van der Waals surface area contributed by atoms with Crippen molar-refractivity contribution in [2.45, 2.75) is 25.8 Å². The minimum atomic E-state index is -0.786. The number of nitrogens with zero attached hydrogens (tertiary/aromatic N) is 1. The van der Waals surface area contributed by atoms with Crippen LogP contribution in [0, 0.1) is 5.92 Å². The highest BCUT2D eigenvalue weighted by Crippen LogP contribution is 2.17. The molecular weight excluding hydrogens is 256 g/mol. The molecule has 2 unspecified atom stereocenters. The van der Waals surface area contributed by atoms with Crippen LogP contribution in [0.25, 0.3) is 0 Å². The number of hydrogen-bond donors (Lipinski definition) is 3. The molecule has 0 aliphatic carbocycles. The number of primary amides is 1. The van der Waals surface area contributed by atoms with Crippen LogP contribution in [-0.2, 0) is 4.79 Å². The van der Waals surface area contributed by atoms with Gasteiger partial charge in [0.1, 0.15) is 0 Å². The highest BCUT2D eigenvalue weighted by Gasteiger charge is 2.27. The van der Waals surface area contributed by atoms with E-state index in [9.17, 15) is 9.59 Å². The van der Waals surface area contributed by atoms with Crippen LogP contribution in [0.2, 0.25) is 0 Å². The van der Waals surface area contributed by atoms with Crippen LogP contribution < -0.4 is 16.4 Å². The molecule has 1 saturated heterocycles. The zero-order valence-corrected chi connectivity index (χ0v) is 11.8. The molecule has 0 bridgehead atoms. The van der Waals surface area contributed by atoms with Gasteiger partial charge in [-0.25, -0.2) is 4.79 Å². The van der Waals surface area contributed by atoms with Crippen molar-refractivity contribution in [1.29, 1.82) is 0 Å². The third kappa shape index (κ3) is 5.20. The Morgan fingerprint density at radius 1 is 1.50 bits per heavy atom. The van der Waals surface area contributed by atoms with Gasteiger partial charge in [0.05, 0.1) is 6.04 Å². The number of piperidine rings is 1. The molecule has 0 aromatic heterocycles. The van der Waals surface area contributed by atoms with Gasteiger partial charge in [-0.3, -0.25) is 15.0 Å².